The van der Waals surface area contributed by atoms with Crippen LogP contribution in [-0.2, 0) is 0 Å². The maximum Gasteiger partial charge on any atom is 0.0891 e. The molecule has 0 radical (unpaired) electrons. The van der Waals surface area contributed by atoms with Crippen molar-refractivity contribution in [2.24, 2.45) is 0 Å². The summed E-state index contributed by atoms with van der Waals surface area (Å²) < 4.78 is 0. The van der Waals surface area contributed by atoms with E-state index in [1.165, 1.54) is 0 Å². The molecular formula is C15H11N3. The van der Waals surface area contributed by atoms with Crippen LogP contribution in [0.15, 0.2) is 67.4 Å². The topological polar surface area (TPSA) is 38.7 Å². The lowest BCUT2D eigenvalue weighted by Crippen LogP contribution is -1.88. The molecule has 0 fully saturated rings. The molecule has 0 unspecified atom stereocenters. The average molecular weight is 233 g/mol. The van der Waals surface area contributed by atoms with Gasteiger partial charge in [0.25, 0.3) is 0 Å². The van der Waals surface area contributed by atoms with Gasteiger partial charge in [-0.3, -0.25) is 15.0 Å². The van der Waals surface area contributed by atoms with Crippen LogP contribution in [0.2, 0.25) is 0 Å². The number of hydrogen-bond donors (Lipinski definition) is 0. The van der Waals surface area contributed by atoms with Gasteiger partial charge >= 0.3 is 0 Å². The lowest BCUT2D eigenvalue weighted by Gasteiger charge is -2.08. The molecular weight excluding hydrogens is 222 g/mol. The molecule has 0 bridgehead atoms. The van der Waals surface area contributed by atoms with Gasteiger partial charge in [-0.15, -0.1) is 0 Å². The summed E-state index contributed by atoms with van der Waals surface area (Å²) in [4.78, 5) is 12.6. The summed E-state index contributed by atoms with van der Waals surface area (Å²) in [6.45, 7) is 0. The van der Waals surface area contributed by atoms with E-state index in [0.717, 1.165) is 22.4 Å². The highest BCUT2D eigenvalue weighted by molar-refractivity contribution is 5.81. The molecule has 0 amide bonds. The molecule has 3 nitrogen and oxygen atoms in total. The Balaban J connectivity index is 2.18. The molecule has 0 saturated heterocycles. The van der Waals surface area contributed by atoms with E-state index in [4.69, 9.17) is 0 Å². The van der Waals surface area contributed by atoms with Gasteiger partial charge in [-0.25, -0.2) is 0 Å². The first-order valence-electron chi connectivity index (χ1n) is 5.71. The summed E-state index contributed by atoms with van der Waals surface area (Å²) in [5, 5.41) is 0. The molecule has 2 heterocycles. The second-order valence-electron chi connectivity index (χ2n) is 3.88. The molecule has 3 rings (SSSR count). The zero-order valence-electron chi connectivity index (χ0n) is 9.69. The fourth-order valence-electron chi connectivity index (χ4n) is 1.92. The second kappa shape index (κ2) is 4.75. The number of rotatable bonds is 2. The minimum Gasteiger partial charge on any atom is -0.264 e. The average Bonchev–Trinajstić information content (AvgIpc) is 2.49. The van der Waals surface area contributed by atoms with Gasteiger partial charge in [0.1, 0.15) is 0 Å². The van der Waals surface area contributed by atoms with E-state index in [9.17, 15) is 0 Å². The zero-order chi connectivity index (χ0) is 12.2. The van der Waals surface area contributed by atoms with Crippen LogP contribution >= 0.6 is 0 Å². The third kappa shape index (κ3) is 1.98. The largest absolute Gasteiger partial charge is 0.264 e. The van der Waals surface area contributed by atoms with Crippen LogP contribution in [0, 0.1) is 0 Å². The molecule has 18 heavy (non-hydrogen) atoms. The second-order valence-corrected chi connectivity index (χ2v) is 3.88. The van der Waals surface area contributed by atoms with Gasteiger partial charge in [-0.05, 0) is 11.6 Å². The van der Waals surface area contributed by atoms with E-state index in [-0.39, 0.29) is 0 Å². The molecule has 0 aliphatic carbocycles. The number of nitrogens with zero attached hydrogens (tertiary/aromatic N) is 3. The van der Waals surface area contributed by atoms with E-state index >= 15 is 0 Å². The van der Waals surface area contributed by atoms with Crippen LogP contribution in [0.3, 0.4) is 0 Å². The molecule has 0 N–H and O–H groups in total. The molecule has 1 aromatic carbocycles. The van der Waals surface area contributed by atoms with Crippen molar-refractivity contribution < 1.29 is 0 Å². The maximum absolute atomic E-state index is 4.35. The van der Waals surface area contributed by atoms with Gasteiger partial charge in [-0.2, -0.15) is 0 Å². The monoisotopic (exact) mass is 233 g/mol. The van der Waals surface area contributed by atoms with Crippen molar-refractivity contribution in [3.8, 4) is 22.4 Å². The minimum atomic E-state index is 0.872. The Morgan fingerprint density at radius 3 is 2.22 bits per heavy atom. The van der Waals surface area contributed by atoms with Crippen molar-refractivity contribution in [1.29, 1.82) is 0 Å². The van der Waals surface area contributed by atoms with Crippen LogP contribution in [0.5, 0.6) is 0 Å². The van der Waals surface area contributed by atoms with Crippen LogP contribution in [0.25, 0.3) is 22.4 Å². The predicted molar refractivity (Wildman–Crippen MR) is 70.7 cm³/mol. The first kappa shape index (κ1) is 10.6. The number of aromatic nitrogens is 3. The van der Waals surface area contributed by atoms with Crippen molar-refractivity contribution in [1.82, 2.24) is 15.0 Å². The summed E-state index contributed by atoms with van der Waals surface area (Å²) in [6.07, 6.45) is 8.78. The fraction of sp³-hybridized carbons (Fsp3) is 0. The van der Waals surface area contributed by atoms with Crippen LogP contribution in [0.4, 0.5) is 0 Å². The lowest BCUT2D eigenvalue weighted by atomic mass is 9.99. The third-order valence-electron chi connectivity index (χ3n) is 2.74. The Morgan fingerprint density at radius 1 is 0.667 bits per heavy atom. The molecule has 0 saturated carbocycles. The Morgan fingerprint density at radius 2 is 1.50 bits per heavy atom. The molecule has 0 atom stereocenters. The van der Waals surface area contributed by atoms with Crippen molar-refractivity contribution in [2.75, 3.05) is 0 Å². The Kier molecular flexibility index (Phi) is 2.80. The van der Waals surface area contributed by atoms with Crippen LogP contribution in [0.1, 0.15) is 0 Å². The van der Waals surface area contributed by atoms with Crippen LogP contribution < -0.4 is 0 Å². The fourth-order valence-corrected chi connectivity index (χ4v) is 1.92. The van der Waals surface area contributed by atoms with E-state index in [1.807, 2.05) is 36.5 Å². The summed E-state index contributed by atoms with van der Waals surface area (Å²) in [6, 6.07) is 12.1. The minimum absolute atomic E-state index is 0.872. The molecule has 0 spiro atoms. The van der Waals surface area contributed by atoms with Crippen molar-refractivity contribution in [2.45, 2.75) is 0 Å². The normalized spacial score (nSPS) is 10.2. The Labute approximate surface area is 105 Å². The Hall–Kier alpha value is -2.55. The van der Waals surface area contributed by atoms with Gasteiger partial charge in [0, 0.05) is 35.9 Å². The third-order valence-corrected chi connectivity index (χ3v) is 2.74. The molecule has 2 aromatic heterocycles. The first-order valence-corrected chi connectivity index (χ1v) is 5.71. The van der Waals surface area contributed by atoms with E-state index in [0.29, 0.717) is 0 Å². The highest BCUT2D eigenvalue weighted by Crippen LogP contribution is 2.29. The van der Waals surface area contributed by atoms with Crippen molar-refractivity contribution >= 4 is 0 Å². The summed E-state index contributed by atoms with van der Waals surface area (Å²) in [5.74, 6) is 0. The smallest absolute Gasteiger partial charge is 0.0891 e. The molecule has 3 heteroatoms. The predicted octanol–water partition coefficient (Wildman–Crippen LogP) is 3.21. The quantitative estimate of drug-likeness (QED) is 0.682. The SMILES string of the molecule is c1cncc(-c2ccccc2-c2cnccn2)c1. The highest BCUT2D eigenvalue weighted by atomic mass is 14.8. The summed E-state index contributed by atoms with van der Waals surface area (Å²) in [7, 11) is 0. The van der Waals surface area contributed by atoms with E-state index < -0.39 is 0 Å². The first-order chi connectivity index (χ1) is 8.95. The van der Waals surface area contributed by atoms with E-state index in [1.54, 1.807) is 24.8 Å². The summed E-state index contributed by atoms with van der Waals surface area (Å²) in [5.41, 5.74) is 4.14. The van der Waals surface area contributed by atoms with Gasteiger partial charge in [0.2, 0.25) is 0 Å². The van der Waals surface area contributed by atoms with Crippen molar-refractivity contribution in [3.63, 3.8) is 0 Å². The van der Waals surface area contributed by atoms with Crippen molar-refractivity contribution in [3.05, 3.63) is 67.4 Å². The standard InChI is InChI=1S/C15H11N3/c1-2-6-14(15-11-17-8-9-18-15)13(5-1)12-4-3-7-16-10-12/h1-11H. The Bertz CT molecular complexity index is 578. The number of pyridine rings is 1. The molecule has 0 aliphatic rings. The van der Waals surface area contributed by atoms with Gasteiger partial charge in [-0.1, -0.05) is 30.3 Å². The van der Waals surface area contributed by atoms with E-state index in [2.05, 4.69) is 21.0 Å². The van der Waals surface area contributed by atoms with Gasteiger partial charge in [0.05, 0.1) is 11.9 Å². The number of benzene rings is 1. The van der Waals surface area contributed by atoms with Crippen LogP contribution in [-0.4, -0.2) is 15.0 Å². The molecule has 0 aliphatic heterocycles. The zero-order valence-corrected chi connectivity index (χ0v) is 9.69. The van der Waals surface area contributed by atoms with Gasteiger partial charge < -0.3 is 0 Å². The van der Waals surface area contributed by atoms with Gasteiger partial charge in [0.15, 0.2) is 0 Å². The highest BCUT2D eigenvalue weighted by Gasteiger charge is 2.07. The number of hydrogen-bond acceptors (Lipinski definition) is 3. The molecule has 86 valence electrons. The molecule has 3 aromatic rings. The maximum atomic E-state index is 4.35. The summed E-state index contributed by atoms with van der Waals surface area (Å²) >= 11 is 0. The lowest BCUT2D eigenvalue weighted by molar-refractivity contribution is 1.21.